The van der Waals surface area contributed by atoms with Gasteiger partial charge in [0, 0.05) is 61.4 Å². The van der Waals surface area contributed by atoms with Crippen LogP contribution < -0.4 is 25.4 Å². The van der Waals surface area contributed by atoms with Gasteiger partial charge in [-0.2, -0.15) is 0 Å². The molecule has 390 valence electrons. The standard InChI is InChI=1S/C49H56N12O10S3/c1-30-43(72-29-52-30)32-13-11-31(12-14-32)25-51-46(65)39-24-36(62)28-60(39)48(66)44(49(2,3)4)55-40(63)10-6-8-35-27-59(58-56-35)23-7-9-34-26-50-45(47(54-34)71-5)57-74(69,70)38-19-15-33(16-20-38)53-41(64)21-17-37-18-22-42(73-37)61(67)68/h11-22,26-27,29,36,39,44,62H,6-10,23-25,28H2,1-5H3,(H,50,57)(H,51,65)(H,53,64)(H,55,63)/b21-17+/t36-,39+,44-/m1/s1. The van der Waals surface area contributed by atoms with Crippen molar-refractivity contribution in [1.29, 1.82) is 0 Å². The van der Waals surface area contributed by atoms with E-state index in [0.29, 0.717) is 54.2 Å². The third-order valence-corrected chi connectivity index (χ3v) is 15.1. The van der Waals surface area contributed by atoms with Gasteiger partial charge in [-0.3, -0.25) is 38.7 Å². The van der Waals surface area contributed by atoms with Gasteiger partial charge < -0.3 is 30.7 Å². The fourth-order valence-corrected chi connectivity index (χ4v) is 10.5. The molecule has 0 radical (unpaired) electrons. The van der Waals surface area contributed by atoms with E-state index in [1.54, 1.807) is 27.7 Å². The summed E-state index contributed by atoms with van der Waals surface area (Å²) in [5, 5.41) is 38.3. The zero-order chi connectivity index (χ0) is 53.2. The number of aliphatic hydroxyl groups is 1. The molecule has 25 heteroatoms. The molecule has 4 aromatic heterocycles. The highest BCUT2D eigenvalue weighted by Crippen LogP contribution is 2.30. The molecule has 0 unspecified atom stereocenters. The summed E-state index contributed by atoms with van der Waals surface area (Å²) in [6, 6.07) is 14.2. The average Bonchev–Trinajstić information content (AvgIpc) is 4.20. The van der Waals surface area contributed by atoms with E-state index in [9.17, 15) is 42.8 Å². The van der Waals surface area contributed by atoms with Crippen LogP contribution in [0, 0.1) is 22.5 Å². The number of rotatable bonds is 22. The Hall–Kier alpha value is -7.48. The number of nitrogens with zero attached hydrogens (tertiary/aromatic N) is 8. The van der Waals surface area contributed by atoms with E-state index < -0.39 is 50.4 Å². The summed E-state index contributed by atoms with van der Waals surface area (Å²) in [5.41, 5.74) is 5.48. The Balaban J connectivity index is 0.838. The Morgan fingerprint density at radius 3 is 2.43 bits per heavy atom. The van der Waals surface area contributed by atoms with Crippen LogP contribution in [0.15, 0.2) is 89.5 Å². The quantitative estimate of drug-likeness (QED) is 0.0310. The van der Waals surface area contributed by atoms with Gasteiger partial charge in [0.1, 0.15) is 12.1 Å². The van der Waals surface area contributed by atoms with Crippen molar-refractivity contribution in [3.8, 4) is 16.3 Å². The number of carbonyl (C=O) groups excluding carboxylic acids is 4. The molecule has 5 heterocycles. The minimum Gasteiger partial charge on any atom is -0.478 e. The zero-order valence-electron chi connectivity index (χ0n) is 41.2. The number of nitro groups is 1. The number of thiophene rings is 1. The lowest BCUT2D eigenvalue weighted by molar-refractivity contribution is -0.380. The third-order valence-electron chi connectivity index (χ3n) is 11.8. The molecule has 0 aliphatic carbocycles. The van der Waals surface area contributed by atoms with E-state index in [0.717, 1.165) is 33.0 Å². The Kier molecular flexibility index (Phi) is 17.6. The predicted octanol–water partition coefficient (Wildman–Crippen LogP) is 5.70. The van der Waals surface area contributed by atoms with E-state index in [-0.39, 0.29) is 59.3 Å². The molecule has 0 bridgehead atoms. The van der Waals surface area contributed by atoms with Gasteiger partial charge in [0.15, 0.2) is 0 Å². The Morgan fingerprint density at radius 1 is 1.01 bits per heavy atom. The summed E-state index contributed by atoms with van der Waals surface area (Å²) < 4.78 is 35.9. The lowest BCUT2D eigenvalue weighted by Gasteiger charge is -2.35. The van der Waals surface area contributed by atoms with Gasteiger partial charge in [0.2, 0.25) is 29.4 Å². The number of benzene rings is 2. The molecule has 4 amide bonds. The van der Waals surface area contributed by atoms with Crippen LogP contribution in [0.25, 0.3) is 16.5 Å². The predicted molar refractivity (Wildman–Crippen MR) is 277 cm³/mol. The number of carbonyl (C=O) groups is 4. The van der Waals surface area contributed by atoms with Gasteiger partial charge in [0.25, 0.3) is 15.9 Å². The molecule has 0 spiro atoms. The Bertz CT molecular complexity index is 3110. The number of likely N-dealkylation sites (tertiary alicyclic amines) is 1. The maximum Gasteiger partial charge on any atom is 0.324 e. The molecule has 2 aromatic carbocycles. The summed E-state index contributed by atoms with van der Waals surface area (Å²) in [6.07, 6.45) is 7.06. The van der Waals surface area contributed by atoms with Crippen LogP contribution in [0.5, 0.6) is 5.88 Å². The third kappa shape index (κ3) is 14.4. The van der Waals surface area contributed by atoms with Crippen LogP contribution in [-0.4, -0.2) is 109 Å². The first-order valence-electron chi connectivity index (χ1n) is 23.5. The summed E-state index contributed by atoms with van der Waals surface area (Å²) in [4.78, 5) is 79.5. The normalized spacial score (nSPS) is 15.2. The van der Waals surface area contributed by atoms with Crippen LogP contribution in [0.1, 0.15) is 74.0 Å². The van der Waals surface area contributed by atoms with E-state index in [1.807, 2.05) is 52.0 Å². The molecule has 5 N–H and O–H groups in total. The number of hydrogen-bond acceptors (Lipinski definition) is 17. The lowest BCUT2D eigenvalue weighted by atomic mass is 9.85. The number of hydrogen-bond donors (Lipinski definition) is 5. The van der Waals surface area contributed by atoms with Gasteiger partial charge >= 0.3 is 5.00 Å². The van der Waals surface area contributed by atoms with E-state index in [2.05, 4.69) is 45.9 Å². The van der Waals surface area contributed by atoms with Crippen molar-refractivity contribution in [3.05, 3.63) is 122 Å². The Labute approximate surface area is 434 Å². The first-order chi connectivity index (χ1) is 35.3. The first kappa shape index (κ1) is 54.3. The summed E-state index contributed by atoms with van der Waals surface area (Å²) >= 11 is 2.48. The maximum absolute atomic E-state index is 14.1. The second-order valence-corrected chi connectivity index (χ2v) is 22.1. The molecule has 1 aliphatic rings. The van der Waals surface area contributed by atoms with E-state index in [1.165, 1.54) is 66.8 Å². The fraction of sp³-hybridized carbons (Fsp3) is 0.367. The van der Waals surface area contributed by atoms with E-state index >= 15 is 0 Å². The number of aromatic nitrogens is 6. The molecule has 74 heavy (non-hydrogen) atoms. The van der Waals surface area contributed by atoms with Crippen molar-refractivity contribution < 1.29 is 42.4 Å². The molecule has 1 saturated heterocycles. The summed E-state index contributed by atoms with van der Waals surface area (Å²) in [7, 11) is -2.81. The fourth-order valence-electron chi connectivity index (χ4n) is 7.94. The number of ether oxygens (including phenoxy) is 1. The highest BCUT2D eigenvalue weighted by atomic mass is 32.2. The number of β-amino-alcohol motifs (C(OH)–C–C–N with tert-alkyl or cyclic N) is 1. The highest BCUT2D eigenvalue weighted by molar-refractivity contribution is 7.92. The second-order valence-electron chi connectivity index (χ2n) is 18.5. The maximum atomic E-state index is 14.1. The summed E-state index contributed by atoms with van der Waals surface area (Å²) in [6.45, 7) is 8.14. The highest BCUT2D eigenvalue weighted by Gasteiger charge is 2.44. The SMILES string of the molecule is COc1nc(CCCn2cc(CCCC(=O)N[C@H](C(=O)N3C[C@H](O)C[C@H]3C(=O)NCc3ccc(-c4scnc4C)cc3)C(C)(C)C)nn2)cnc1NS(=O)(=O)c1ccc(NC(=O)/C=C/c2ccc([N+](=O)[O-])s2)cc1. The number of thiazole rings is 1. The molecule has 1 fully saturated rings. The summed E-state index contributed by atoms with van der Waals surface area (Å²) in [5.74, 6) is -1.84. The number of aryl methyl sites for hydroxylation is 4. The van der Waals surface area contributed by atoms with Crippen molar-refractivity contribution in [3.63, 3.8) is 0 Å². The molecular formula is C49H56N12O10S3. The smallest absolute Gasteiger partial charge is 0.324 e. The van der Waals surface area contributed by atoms with Crippen molar-refractivity contribution >= 4 is 78.9 Å². The minimum atomic E-state index is -4.15. The number of nitrogens with one attached hydrogen (secondary N) is 4. The number of sulfonamides is 1. The monoisotopic (exact) mass is 1070 g/mol. The van der Waals surface area contributed by atoms with Crippen molar-refractivity contribution in [2.24, 2.45) is 5.41 Å². The van der Waals surface area contributed by atoms with Crippen LogP contribution >= 0.6 is 22.7 Å². The second kappa shape index (κ2) is 24.0. The molecule has 22 nitrogen and oxygen atoms in total. The van der Waals surface area contributed by atoms with Crippen molar-refractivity contribution in [1.82, 2.24) is 45.5 Å². The van der Waals surface area contributed by atoms with Gasteiger partial charge in [-0.05, 0) is 85.6 Å². The van der Waals surface area contributed by atoms with Gasteiger partial charge in [0.05, 0.1) is 56.7 Å². The molecule has 7 rings (SSSR count). The molecular weight excluding hydrogens is 1010 g/mol. The number of anilines is 2. The average molecular weight is 1070 g/mol. The van der Waals surface area contributed by atoms with Gasteiger partial charge in [-0.15, -0.1) is 16.4 Å². The van der Waals surface area contributed by atoms with Crippen LogP contribution in [-0.2, 0) is 55.1 Å². The van der Waals surface area contributed by atoms with Crippen LogP contribution in [0.4, 0.5) is 16.5 Å². The Morgan fingerprint density at radius 2 is 1.76 bits per heavy atom. The van der Waals surface area contributed by atoms with Gasteiger partial charge in [-0.25, -0.2) is 23.4 Å². The van der Waals surface area contributed by atoms with E-state index in [4.69, 9.17) is 4.74 Å². The minimum absolute atomic E-state index is 0.0301. The van der Waals surface area contributed by atoms with Crippen LogP contribution in [0.3, 0.4) is 0 Å². The van der Waals surface area contributed by atoms with Crippen molar-refractivity contribution in [2.45, 2.75) is 102 Å². The lowest BCUT2D eigenvalue weighted by Crippen LogP contribution is -2.57. The largest absolute Gasteiger partial charge is 0.478 e. The number of amides is 4. The molecule has 0 saturated carbocycles. The van der Waals surface area contributed by atoms with Crippen molar-refractivity contribution in [2.75, 3.05) is 23.7 Å². The zero-order valence-corrected chi connectivity index (χ0v) is 43.6. The molecule has 1 aliphatic heterocycles. The van der Waals surface area contributed by atoms with Crippen LogP contribution in [0.2, 0.25) is 0 Å². The number of aliphatic hydroxyl groups excluding tert-OH is 1. The molecule has 6 aromatic rings. The van der Waals surface area contributed by atoms with Gasteiger partial charge in [-0.1, -0.05) is 61.6 Å². The first-order valence-corrected chi connectivity index (χ1v) is 26.6. The number of methoxy groups -OCH3 is 1. The topological polar surface area (TPSA) is 296 Å². The molecule has 3 atom stereocenters.